The van der Waals surface area contributed by atoms with Crippen LogP contribution in [0.25, 0.3) is 0 Å². The van der Waals surface area contributed by atoms with E-state index < -0.39 is 0 Å². The third-order valence-corrected chi connectivity index (χ3v) is 3.99. The Labute approximate surface area is 126 Å². The van der Waals surface area contributed by atoms with Gasteiger partial charge in [-0.1, -0.05) is 6.07 Å². The minimum atomic E-state index is -0.147. The van der Waals surface area contributed by atoms with E-state index in [9.17, 15) is 4.39 Å². The lowest BCUT2D eigenvalue weighted by Crippen LogP contribution is -2.37. The zero-order valence-electron chi connectivity index (χ0n) is 12.9. The average Bonchev–Trinajstić information content (AvgIpc) is 2.53. The molecule has 118 valence electrons. The molecule has 1 heterocycles. The fourth-order valence-corrected chi connectivity index (χ4v) is 2.74. The minimum absolute atomic E-state index is 0.147. The molecular formula is C16H25FN2O2. The second kappa shape index (κ2) is 8.32. The van der Waals surface area contributed by atoms with Crippen molar-refractivity contribution in [3.63, 3.8) is 0 Å². The lowest BCUT2D eigenvalue weighted by atomic mass is 10.0. The second-order valence-electron chi connectivity index (χ2n) is 5.33. The maximum Gasteiger partial charge on any atom is 0.129 e. The lowest BCUT2D eigenvalue weighted by molar-refractivity contribution is 0.0819. The Morgan fingerprint density at radius 3 is 2.71 bits per heavy atom. The van der Waals surface area contributed by atoms with Crippen molar-refractivity contribution in [3.8, 4) is 0 Å². The smallest absolute Gasteiger partial charge is 0.129 e. The summed E-state index contributed by atoms with van der Waals surface area (Å²) in [5.74, 6) is -0.147. The Hall–Kier alpha value is -1.17. The Morgan fingerprint density at radius 2 is 2.05 bits per heavy atom. The predicted octanol–water partition coefficient (Wildman–Crippen LogP) is 2.18. The number of hydrogen-bond acceptors (Lipinski definition) is 4. The maximum absolute atomic E-state index is 14.1. The van der Waals surface area contributed by atoms with Crippen LogP contribution in [0.5, 0.6) is 0 Å². The molecule has 0 unspecified atom stereocenters. The highest BCUT2D eigenvalue weighted by molar-refractivity contribution is 5.54. The van der Waals surface area contributed by atoms with Gasteiger partial charge < -0.3 is 19.7 Å². The van der Waals surface area contributed by atoms with Crippen molar-refractivity contribution in [2.24, 2.45) is 0 Å². The second-order valence-corrected chi connectivity index (χ2v) is 5.33. The molecule has 1 aliphatic rings. The van der Waals surface area contributed by atoms with Gasteiger partial charge in [0.15, 0.2) is 0 Å². The van der Waals surface area contributed by atoms with Gasteiger partial charge in [-0.3, -0.25) is 0 Å². The molecule has 5 heteroatoms. The molecule has 0 aromatic heterocycles. The van der Waals surface area contributed by atoms with Gasteiger partial charge in [-0.25, -0.2) is 4.39 Å². The summed E-state index contributed by atoms with van der Waals surface area (Å²) in [6.45, 7) is 3.69. The third-order valence-electron chi connectivity index (χ3n) is 3.99. The molecule has 0 radical (unpaired) electrons. The van der Waals surface area contributed by atoms with Crippen molar-refractivity contribution in [3.05, 3.63) is 29.6 Å². The summed E-state index contributed by atoms with van der Waals surface area (Å²) in [6.07, 6.45) is 2.31. The Balaban J connectivity index is 2.03. The van der Waals surface area contributed by atoms with Crippen molar-refractivity contribution in [2.45, 2.75) is 25.5 Å². The molecule has 21 heavy (non-hydrogen) atoms. The van der Waals surface area contributed by atoms with E-state index in [2.05, 4.69) is 10.2 Å². The zero-order valence-corrected chi connectivity index (χ0v) is 12.9. The molecule has 0 aliphatic carbocycles. The van der Waals surface area contributed by atoms with E-state index in [-0.39, 0.29) is 5.82 Å². The first-order chi connectivity index (χ1) is 10.3. The van der Waals surface area contributed by atoms with Gasteiger partial charge in [0.2, 0.25) is 0 Å². The van der Waals surface area contributed by atoms with E-state index in [4.69, 9.17) is 9.47 Å². The Morgan fingerprint density at radius 1 is 1.29 bits per heavy atom. The summed E-state index contributed by atoms with van der Waals surface area (Å²) < 4.78 is 24.5. The molecule has 1 aliphatic heterocycles. The van der Waals surface area contributed by atoms with Crippen LogP contribution in [0.3, 0.4) is 0 Å². The highest BCUT2D eigenvalue weighted by Crippen LogP contribution is 2.26. The average molecular weight is 296 g/mol. The van der Waals surface area contributed by atoms with Gasteiger partial charge in [0.05, 0.1) is 12.7 Å². The number of halogens is 1. The van der Waals surface area contributed by atoms with Gasteiger partial charge in [0, 0.05) is 51.6 Å². The van der Waals surface area contributed by atoms with Gasteiger partial charge in [-0.05, 0) is 25.0 Å². The van der Waals surface area contributed by atoms with Crippen LogP contribution in [0.15, 0.2) is 18.2 Å². The molecule has 4 nitrogen and oxygen atoms in total. The molecule has 1 aromatic carbocycles. The number of hydrogen-bond donors (Lipinski definition) is 1. The molecule has 0 spiro atoms. The molecular weight excluding hydrogens is 271 g/mol. The van der Waals surface area contributed by atoms with Gasteiger partial charge in [0.1, 0.15) is 5.82 Å². The van der Waals surface area contributed by atoms with Crippen molar-refractivity contribution < 1.29 is 13.9 Å². The monoisotopic (exact) mass is 296 g/mol. The zero-order chi connectivity index (χ0) is 15.1. The van der Waals surface area contributed by atoms with Crippen LogP contribution in [0.4, 0.5) is 10.1 Å². The molecule has 1 fully saturated rings. The molecule has 0 amide bonds. The Bertz CT molecular complexity index is 434. The van der Waals surface area contributed by atoms with Crippen molar-refractivity contribution in [1.29, 1.82) is 0 Å². The van der Waals surface area contributed by atoms with E-state index in [1.807, 2.05) is 6.07 Å². The number of nitrogens with one attached hydrogen (secondary N) is 1. The van der Waals surface area contributed by atoms with Crippen LogP contribution in [0.1, 0.15) is 18.4 Å². The Kier molecular flexibility index (Phi) is 6.42. The molecule has 1 aromatic rings. The van der Waals surface area contributed by atoms with E-state index in [0.717, 1.165) is 43.7 Å². The summed E-state index contributed by atoms with van der Waals surface area (Å²) in [5.41, 5.74) is 1.74. The van der Waals surface area contributed by atoms with E-state index in [1.165, 1.54) is 6.07 Å². The summed E-state index contributed by atoms with van der Waals surface area (Å²) >= 11 is 0. The molecule has 2 rings (SSSR count). The van der Waals surface area contributed by atoms with Gasteiger partial charge in [-0.2, -0.15) is 0 Å². The van der Waals surface area contributed by atoms with Crippen LogP contribution < -0.4 is 10.2 Å². The molecule has 1 saturated heterocycles. The van der Waals surface area contributed by atoms with E-state index >= 15 is 0 Å². The summed E-state index contributed by atoms with van der Waals surface area (Å²) in [7, 11) is 3.42. The first-order valence-electron chi connectivity index (χ1n) is 7.51. The van der Waals surface area contributed by atoms with Gasteiger partial charge in [-0.15, -0.1) is 0 Å². The first-order valence-corrected chi connectivity index (χ1v) is 7.51. The maximum atomic E-state index is 14.1. The fourth-order valence-electron chi connectivity index (χ4n) is 2.74. The predicted molar refractivity (Wildman–Crippen MR) is 82.2 cm³/mol. The fraction of sp³-hybridized carbons (Fsp3) is 0.625. The van der Waals surface area contributed by atoms with Gasteiger partial charge in [0.25, 0.3) is 0 Å². The third kappa shape index (κ3) is 4.40. The SMILES string of the molecule is COCCNCc1c(F)cccc1N1CCC(OC)CC1. The number of anilines is 1. The van der Waals surface area contributed by atoms with E-state index in [1.54, 1.807) is 20.3 Å². The molecule has 0 atom stereocenters. The van der Waals surface area contributed by atoms with Crippen LogP contribution >= 0.6 is 0 Å². The largest absolute Gasteiger partial charge is 0.383 e. The van der Waals surface area contributed by atoms with Crippen LogP contribution in [0.2, 0.25) is 0 Å². The first kappa shape index (κ1) is 16.2. The molecule has 1 N–H and O–H groups in total. The standard InChI is InChI=1S/C16H25FN2O2/c1-20-11-8-18-12-14-15(17)4-3-5-16(14)19-9-6-13(21-2)7-10-19/h3-5,13,18H,6-12H2,1-2H3. The van der Waals surface area contributed by atoms with Crippen LogP contribution in [-0.4, -0.2) is 46.6 Å². The van der Waals surface area contributed by atoms with Crippen molar-refractivity contribution in [1.82, 2.24) is 5.32 Å². The number of nitrogens with zero attached hydrogens (tertiary/aromatic N) is 1. The van der Waals surface area contributed by atoms with Gasteiger partial charge >= 0.3 is 0 Å². The number of methoxy groups -OCH3 is 2. The summed E-state index contributed by atoms with van der Waals surface area (Å²) in [5, 5.41) is 3.23. The van der Waals surface area contributed by atoms with Crippen molar-refractivity contribution in [2.75, 3.05) is 45.4 Å². The quantitative estimate of drug-likeness (QED) is 0.782. The number of piperidine rings is 1. The number of rotatable bonds is 7. The normalized spacial score (nSPS) is 16.4. The number of benzene rings is 1. The minimum Gasteiger partial charge on any atom is -0.383 e. The highest BCUT2D eigenvalue weighted by atomic mass is 19.1. The van der Waals surface area contributed by atoms with Crippen molar-refractivity contribution >= 4 is 5.69 Å². The summed E-state index contributed by atoms with van der Waals surface area (Å²) in [4.78, 5) is 2.26. The topological polar surface area (TPSA) is 33.7 Å². The van der Waals surface area contributed by atoms with Crippen LogP contribution in [-0.2, 0) is 16.0 Å². The van der Waals surface area contributed by atoms with E-state index in [0.29, 0.717) is 19.3 Å². The lowest BCUT2D eigenvalue weighted by Gasteiger charge is -2.34. The summed E-state index contributed by atoms with van der Waals surface area (Å²) in [6, 6.07) is 5.31. The van der Waals surface area contributed by atoms with Crippen LogP contribution in [0, 0.1) is 5.82 Å². The molecule has 0 bridgehead atoms. The highest BCUT2D eigenvalue weighted by Gasteiger charge is 2.21. The molecule has 0 saturated carbocycles. The number of ether oxygens (including phenoxy) is 2.